The van der Waals surface area contributed by atoms with E-state index in [4.69, 9.17) is 10.2 Å². The maximum atomic E-state index is 12.8. The molecule has 1 aromatic heterocycles. The molecule has 0 aliphatic heterocycles. The number of hydrogen-bond acceptors (Lipinski definition) is 4. The number of furan rings is 1. The number of hydrogen-bond donors (Lipinski definition) is 3. The second-order valence-corrected chi connectivity index (χ2v) is 6.12. The molecule has 7 heteroatoms. The number of nitrogens with two attached hydrogens (primary N) is 1. The van der Waals surface area contributed by atoms with Crippen molar-refractivity contribution in [2.24, 2.45) is 5.73 Å². The molecule has 0 spiro atoms. The smallest absolute Gasteiger partial charge is 0.287 e. The normalized spacial score (nSPS) is 11.4. The molecule has 1 unspecified atom stereocenters. The first-order valence-electron chi connectivity index (χ1n) is 8.62. The SMILES string of the molecule is NC(=O)c1ccc(NC(=O)C(Cc2ccccc2)NC(=O)c2ccco2)cc1. The van der Waals surface area contributed by atoms with Gasteiger partial charge in [0, 0.05) is 17.7 Å². The highest BCUT2D eigenvalue weighted by molar-refractivity contribution is 6.00. The average Bonchev–Trinajstić information content (AvgIpc) is 3.23. The lowest BCUT2D eigenvalue weighted by atomic mass is 10.0. The Kier molecular flexibility index (Phi) is 5.86. The molecule has 1 heterocycles. The second-order valence-electron chi connectivity index (χ2n) is 6.12. The lowest BCUT2D eigenvalue weighted by Gasteiger charge is -2.18. The van der Waals surface area contributed by atoms with Crippen molar-refractivity contribution in [3.05, 3.63) is 89.9 Å². The van der Waals surface area contributed by atoms with E-state index in [0.717, 1.165) is 5.56 Å². The van der Waals surface area contributed by atoms with Crippen LogP contribution >= 0.6 is 0 Å². The van der Waals surface area contributed by atoms with Crippen LogP contribution in [-0.4, -0.2) is 23.8 Å². The number of rotatable bonds is 7. The summed E-state index contributed by atoms with van der Waals surface area (Å²) in [4.78, 5) is 36.3. The van der Waals surface area contributed by atoms with Crippen molar-refractivity contribution in [1.82, 2.24) is 5.32 Å². The van der Waals surface area contributed by atoms with Gasteiger partial charge in [-0.1, -0.05) is 30.3 Å². The minimum atomic E-state index is -0.823. The Morgan fingerprint density at radius 1 is 0.929 bits per heavy atom. The second kappa shape index (κ2) is 8.68. The summed E-state index contributed by atoms with van der Waals surface area (Å²) in [5.74, 6) is -1.30. The van der Waals surface area contributed by atoms with Gasteiger partial charge in [-0.3, -0.25) is 14.4 Å². The third-order valence-electron chi connectivity index (χ3n) is 4.09. The van der Waals surface area contributed by atoms with Crippen LogP contribution in [0, 0.1) is 0 Å². The molecular formula is C21H19N3O4. The van der Waals surface area contributed by atoms with Crippen LogP contribution in [0.1, 0.15) is 26.5 Å². The van der Waals surface area contributed by atoms with Crippen LogP contribution in [0.5, 0.6) is 0 Å². The van der Waals surface area contributed by atoms with Crippen molar-refractivity contribution in [2.75, 3.05) is 5.32 Å². The van der Waals surface area contributed by atoms with Crippen molar-refractivity contribution < 1.29 is 18.8 Å². The van der Waals surface area contributed by atoms with E-state index < -0.39 is 23.8 Å². The van der Waals surface area contributed by atoms with Crippen LogP contribution in [0.4, 0.5) is 5.69 Å². The van der Waals surface area contributed by atoms with Crippen molar-refractivity contribution in [1.29, 1.82) is 0 Å². The zero-order valence-electron chi connectivity index (χ0n) is 14.9. The van der Waals surface area contributed by atoms with Crippen LogP contribution < -0.4 is 16.4 Å². The number of carbonyl (C=O) groups excluding carboxylic acids is 3. The minimum Gasteiger partial charge on any atom is -0.459 e. The van der Waals surface area contributed by atoms with E-state index in [2.05, 4.69) is 10.6 Å². The van der Waals surface area contributed by atoms with E-state index in [1.54, 1.807) is 18.2 Å². The van der Waals surface area contributed by atoms with Crippen LogP contribution in [0.25, 0.3) is 0 Å². The number of nitrogens with one attached hydrogen (secondary N) is 2. The number of carbonyl (C=O) groups is 3. The van der Waals surface area contributed by atoms with Crippen molar-refractivity contribution in [2.45, 2.75) is 12.5 Å². The van der Waals surface area contributed by atoms with Gasteiger partial charge < -0.3 is 20.8 Å². The summed E-state index contributed by atoms with van der Waals surface area (Å²) in [5.41, 5.74) is 6.94. The van der Waals surface area contributed by atoms with Crippen molar-refractivity contribution in [3.8, 4) is 0 Å². The fourth-order valence-electron chi connectivity index (χ4n) is 2.64. The van der Waals surface area contributed by atoms with Crippen LogP contribution in [0.3, 0.4) is 0 Å². The lowest BCUT2D eigenvalue weighted by molar-refractivity contribution is -0.118. The standard InChI is InChI=1S/C21H19N3O4/c22-19(25)15-8-10-16(11-9-15)23-20(26)17(13-14-5-2-1-3-6-14)24-21(27)18-7-4-12-28-18/h1-12,17H,13H2,(H2,22,25)(H,23,26)(H,24,27). The molecule has 0 fully saturated rings. The van der Waals surface area contributed by atoms with Gasteiger partial charge in [0.25, 0.3) is 5.91 Å². The summed E-state index contributed by atoms with van der Waals surface area (Å²) in [5, 5.41) is 5.44. The third kappa shape index (κ3) is 4.85. The van der Waals surface area contributed by atoms with E-state index in [-0.39, 0.29) is 5.76 Å². The zero-order valence-corrected chi connectivity index (χ0v) is 14.9. The first-order chi connectivity index (χ1) is 13.5. The molecule has 0 saturated heterocycles. The first-order valence-corrected chi connectivity index (χ1v) is 8.62. The maximum Gasteiger partial charge on any atom is 0.287 e. The zero-order chi connectivity index (χ0) is 19.9. The van der Waals surface area contributed by atoms with Gasteiger partial charge in [0.2, 0.25) is 11.8 Å². The molecule has 4 N–H and O–H groups in total. The van der Waals surface area contributed by atoms with Gasteiger partial charge in [0.1, 0.15) is 6.04 Å². The Morgan fingerprint density at radius 3 is 2.25 bits per heavy atom. The van der Waals surface area contributed by atoms with E-state index >= 15 is 0 Å². The summed E-state index contributed by atoms with van der Waals surface area (Å²) in [6, 6.07) is 17.8. The summed E-state index contributed by atoms with van der Waals surface area (Å²) < 4.78 is 5.09. The predicted molar refractivity (Wildman–Crippen MR) is 104 cm³/mol. The highest BCUT2D eigenvalue weighted by Crippen LogP contribution is 2.12. The Balaban J connectivity index is 1.75. The quantitative estimate of drug-likeness (QED) is 0.586. The largest absolute Gasteiger partial charge is 0.459 e. The van der Waals surface area contributed by atoms with Crippen LogP contribution in [-0.2, 0) is 11.2 Å². The minimum absolute atomic E-state index is 0.122. The molecule has 2 aromatic carbocycles. The van der Waals surface area contributed by atoms with Gasteiger partial charge in [-0.2, -0.15) is 0 Å². The van der Waals surface area contributed by atoms with Crippen LogP contribution in [0.15, 0.2) is 77.4 Å². The van der Waals surface area contributed by atoms with Crippen molar-refractivity contribution in [3.63, 3.8) is 0 Å². The average molecular weight is 377 g/mol. The molecule has 3 amide bonds. The molecule has 142 valence electrons. The lowest BCUT2D eigenvalue weighted by Crippen LogP contribution is -2.45. The van der Waals surface area contributed by atoms with Gasteiger partial charge in [-0.05, 0) is 42.0 Å². The first kappa shape index (κ1) is 18.9. The Bertz CT molecular complexity index is 951. The maximum absolute atomic E-state index is 12.8. The molecule has 3 rings (SSSR count). The van der Waals surface area contributed by atoms with E-state index in [1.165, 1.54) is 24.5 Å². The number of amides is 3. The van der Waals surface area contributed by atoms with Gasteiger partial charge in [-0.15, -0.1) is 0 Å². The summed E-state index contributed by atoms with van der Waals surface area (Å²) in [6.07, 6.45) is 1.69. The molecule has 0 aliphatic rings. The summed E-state index contributed by atoms with van der Waals surface area (Å²) in [7, 11) is 0. The molecule has 0 saturated carbocycles. The van der Waals surface area contributed by atoms with E-state index in [9.17, 15) is 14.4 Å². The highest BCUT2D eigenvalue weighted by Gasteiger charge is 2.23. The monoisotopic (exact) mass is 377 g/mol. The molecule has 3 aromatic rings. The van der Waals surface area contributed by atoms with Gasteiger partial charge >= 0.3 is 0 Å². The van der Waals surface area contributed by atoms with E-state index in [1.807, 2.05) is 30.3 Å². The Morgan fingerprint density at radius 2 is 1.64 bits per heavy atom. The fourth-order valence-corrected chi connectivity index (χ4v) is 2.64. The summed E-state index contributed by atoms with van der Waals surface area (Å²) in [6.45, 7) is 0. The highest BCUT2D eigenvalue weighted by atomic mass is 16.3. The van der Waals surface area contributed by atoms with Gasteiger partial charge in [-0.25, -0.2) is 0 Å². The van der Waals surface area contributed by atoms with Crippen LogP contribution in [0.2, 0.25) is 0 Å². The summed E-state index contributed by atoms with van der Waals surface area (Å²) >= 11 is 0. The number of benzene rings is 2. The number of primary amides is 1. The number of anilines is 1. The van der Waals surface area contributed by atoms with Crippen molar-refractivity contribution >= 4 is 23.4 Å². The van der Waals surface area contributed by atoms with Gasteiger partial charge in [0.15, 0.2) is 5.76 Å². The molecule has 28 heavy (non-hydrogen) atoms. The van der Waals surface area contributed by atoms with Gasteiger partial charge in [0.05, 0.1) is 6.26 Å². The topological polar surface area (TPSA) is 114 Å². The van der Waals surface area contributed by atoms with E-state index in [0.29, 0.717) is 17.7 Å². The molecule has 0 radical (unpaired) electrons. The third-order valence-corrected chi connectivity index (χ3v) is 4.09. The molecular weight excluding hydrogens is 358 g/mol. The predicted octanol–water partition coefficient (Wildman–Crippen LogP) is 2.36. The fraction of sp³-hybridized carbons (Fsp3) is 0.0952. The molecule has 0 bridgehead atoms. The Labute approximate surface area is 161 Å². The molecule has 0 aliphatic carbocycles. The molecule has 1 atom stereocenters. The molecule has 7 nitrogen and oxygen atoms in total. The Hall–Kier alpha value is -3.87.